The minimum Gasteiger partial charge on any atom is -0.325 e. The lowest BCUT2D eigenvalue weighted by Crippen LogP contribution is -2.27. The van der Waals surface area contributed by atoms with Crippen molar-refractivity contribution in [2.75, 3.05) is 5.32 Å². The maximum absolute atomic E-state index is 12.5. The second-order valence-corrected chi connectivity index (χ2v) is 6.93. The molecule has 0 fully saturated rings. The first-order chi connectivity index (χ1) is 11.5. The molecule has 0 spiro atoms. The van der Waals surface area contributed by atoms with Gasteiger partial charge in [0.05, 0.1) is 11.7 Å². The van der Waals surface area contributed by atoms with E-state index in [1.165, 1.54) is 27.8 Å². The van der Waals surface area contributed by atoms with E-state index in [4.69, 9.17) is 0 Å². The SMILES string of the molecule is CCc1cc2c(=O)n(CC(=O)Nc3ccc(C)c(C)c3)cnc2s1. The lowest BCUT2D eigenvalue weighted by atomic mass is 10.1. The zero-order valence-electron chi connectivity index (χ0n) is 13.9. The van der Waals surface area contributed by atoms with Crippen LogP contribution >= 0.6 is 11.3 Å². The Morgan fingerprint density at radius 1 is 1.25 bits per heavy atom. The van der Waals surface area contributed by atoms with E-state index >= 15 is 0 Å². The molecule has 0 saturated carbocycles. The van der Waals surface area contributed by atoms with Crippen LogP contribution in [0.15, 0.2) is 35.4 Å². The molecule has 1 aromatic carbocycles. The molecule has 0 unspecified atom stereocenters. The molecular formula is C18H19N3O2S. The van der Waals surface area contributed by atoms with E-state index < -0.39 is 0 Å². The van der Waals surface area contributed by atoms with Crippen LogP contribution in [0.3, 0.4) is 0 Å². The summed E-state index contributed by atoms with van der Waals surface area (Å²) in [5.41, 5.74) is 2.83. The third-order valence-corrected chi connectivity index (χ3v) is 5.21. The predicted molar refractivity (Wildman–Crippen MR) is 97.8 cm³/mol. The van der Waals surface area contributed by atoms with Gasteiger partial charge in [0.15, 0.2) is 0 Å². The van der Waals surface area contributed by atoms with E-state index in [1.54, 1.807) is 0 Å². The number of aryl methyl sites for hydroxylation is 3. The van der Waals surface area contributed by atoms with E-state index in [1.807, 2.05) is 45.0 Å². The standard InChI is InChI=1S/C18H19N3O2S/c1-4-14-8-15-17(24-14)19-10-21(18(15)23)9-16(22)20-13-6-5-11(2)12(3)7-13/h5-8,10H,4,9H2,1-3H3,(H,20,22). The number of aromatic nitrogens is 2. The van der Waals surface area contributed by atoms with Gasteiger partial charge in [-0.2, -0.15) is 0 Å². The summed E-state index contributed by atoms with van der Waals surface area (Å²) in [7, 11) is 0. The average Bonchev–Trinajstić information content (AvgIpc) is 2.98. The van der Waals surface area contributed by atoms with Crippen molar-refractivity contribution in [3.8, 4) is 0 Å². The molecule has 1 amide bonds. The van der Waals surface area contributed by atoms with Gasteiger partial charge in [-0.15, -0.1) is 11.3 Å². The third kappa shape index (κ3) is 3.23. The molecular weight excluding hydrogens is 322 g/mol. The summed E-state index contributed by atoms with van der Waals surface area (Å²) in [4.78, 5) is 30.9. The minimum atomic E-state index is -0.243. The molecule has 2 aromatic heterocycles. The van der Waals surface area contributed by atoms with Gasteiger partial charge in [-0.1, -0.05) is 13.0 Å². The van der Waals surface area contributed by atoms with Crippen LogP contribution in [0.25, 0.3) is 10.2 Å². The summed E-state index contributed by atoms with van der Waals surface area (Å²) < 4.78 is 1.35. The van der Waals surface area contributed by atoms with Gasteiger partial charge in [0.2, 0.25) is 5.91 Å². The quantitative estimate of drug-likeness (QED) is 0.792. The smallest absolute Gasteiger partial charge is 0.262 e. The Hall–Kier alpha value is -2.47. The van der Waals surface area contributed by atoms with E-state index in [-0.39, 0.29) is 18.0 Å². The van der Waals surface area contributed by atoms with Crippen LogP contribution in [-0.4, -0.2) is 15.5 Å². The summed E-state index contributed by atoms with van der Waals surface area (Å²) in [5.74, 6) is -0.243. The van der Waals surface area contributed by atoms with Crippen molar-refractivity contribution in [2.45, 2.75) is 33.7 Å². The molecule has 0 aliphatic rings. The number of anilines is 1. The molecule has 0 radical (unpaired) electrons. The maximum Gasteiger partial charge on any atom is 0.262 e. The number of rotatable bonds is 4. The molecule has 0 aliphatic carbocycles. The highest BCUT2D eigenvalue weighted by molar-refractivity contribution is 7.18. The number of benzene rings is 1. The number of carbonyl (C=O) groups excluding carboxylic acids is 1. The zero-order valence-corrected chi connectivity index (χ0v) is 14.7. The van der Waals surface area contributed by atoms with Gasteiger partial charge >= 0.3 is 0 Å². The number of amides is 1. The topological polar surface area (TPSA) is 64.0 Å². The van der Waals surface area contributed by atoms with E-state index in [0.29, 0.717) is 5.39 Å². The minimum absolute atomic E-state index is 0.0496. The normalized spacial score (nSPS) is 11.0. The molecule has 0 bridgehead atoms. The number of hydrogen-bond acceptors (Lipinski definition) is 4. The zero-order chi connectivity index (χ0) is 17.3. The number of nitrogens with one attached hydrogen (secondary N) is 1. The summed E-state index contributed by atoms with van der Waals surface area (Å²) >= 11 is 1.52. The lowest BCUT2D eigenvalue weighted by Gasteiger charge is -2.09. The molecule has 1 N–H and O–H groups in total. The van der Waals surface area contributed by atoms with Crippen LogP contribution in [0.5, 0.6) is 0 Å². The number of thiophene rings is 1. The summed E-state index contributed by atoms with van der Waals surface area (Å²) in [6.45, 7) is 6.01. The Kier molecular flexibility index (Phi) is 4.49. The van der Waals surface area contributed by atoms with Crippen molar-refractivity contribution < 1.29 is 4.79 Å². The van der Waals surface area contributed by atoms with Crippen molar-refractivity contribution in [3.05, 3.63) is 57.0 Å². The fourth-order valence-corrected chi connectivity index (χ4v) is 3.40. The van der Waals surface area contributed by atoms with Gasteiger partial charge in [0, 0.05) is 10.6 Å². The fourth-order valence-electron chi connectivity index (χ4n) is 2.47. The second-order valence-electron chi connectivity index (χ2n) is 5.81. The highest BCUT2D eigenvalue weighted by atomic mass is 32.1. The van der Waals surface area contributed by atoms with Crippen LogP contribution in [0.2, 0.25) is 0 Å². The number of fused-ring (bicyclic) bond motifs is 1. The fraction of sp³-hybridized carbons (Fsp3) is 0.278. The number of carbonyl (C=O) groups is 1. The van der Waals surface area contributed by atoms with Crippen LogP contribution in [0.4, 0.5) is 5.69 Å². The Morgan fingerprint density at radius 3 is 2.75 bits per heavy atom. The summed E-state index contributed by atoms with van der Waals surface area (Å²) in [6, 6.07) is 7.61. The van der Waals surface area contributed by atoms with Crippen molar-refractivity contribution in [2.24, 2.45) is 0 Å². The molecule has 124 valence electrons. The van der Waals surface area contributed by atoms with Gasteiger partial charge in [-0.05, 0) is 49.6 Å². The monoisotopic (exact) mass is 341 g/mol. The first kappa shape index (κ1) is 16.4. The molecule has 5 nitrogen and oxygen atoms in total. The average molecular weight is 341 g/mol. The number of hydrogen-bond donors (Lipinski definition) is 1. The first-order valence-corrected chi connectivity index (χ1v) is 8.64. The molecule has 24 heavy (non-hydrogen) atoms. The molecule has 0 aliphatic heterocycles. The molecule has 0 saturated heterocycles. The van der Waals surface area contributed by atoms with Gasteiger partial charge < -0.3 is 5.32 Å². The molecule has 0 atom stereocenters. The Morgan fingerprint density at radius 2 is 2.04 bits per heavy atom. The van der Waals surface area contributed by atoms with Crippen molar-refractivity contribution in [1.29, 1.82) is 0 Å². The Labute approximate surface area is 144 Å². The van der Waals surface area contributed by atoms with Crippen molar-refractivity contribution in [1.82, 2.24) is 9.55 Å². The Bertz CT molecular complexity index is 972. The summed E-state index contributed by atoms with van der Waals surface area (Å²) in [6.07, 6.45) is 2.31. The van der Waals surface area contributed by atoms with Gasteiger partial charge in [0.25, 0.3) is 5.56 Å². The van der Waals surface area contributed by atoms with Crippen molar-refractivity contribution >= 4 is 33.1 Å². The third-order valence-electron chi connectivity index (χ3n) is 4.02. The van der Waals surface area contributed by atoms with Crippen LogP contribution in [0, 0.1) is 13.8 Å². The lowest BCUT2D eigenvalue weighted by molar-refractivity contribution is -0.116. The molecule has 2 heterocycles. The van der Waals surface area contributed by atoms with Crippen LogP contribution in [-0.2, 0) is 17.8 Å². The maximum atomic E-state index is 12.5. The largest absolute Gasteiger partial charge is 0.325 e. The first-order valence-electron chi connectivity index (χ1n) is 7.83. The van der Waals surface area contributed by atoms with Gasteiger partial charge in [-0.3, -0.25) is 14.2 Å². The van der Waals surface area contributed by atoms with Crippen LogP contribution < -0.4 is 10.9 Å². The van der Waals surface area contributed by atoms with E-state index in [0.717, 1.165) is 27.4 Å². The predicted octanol–water partition coefficient (Wildman–Crippen LogP) is 3.28. The van der Waals surface area contributed by atoms with Crippen molar-refractivity contribution in [3.63, 3.8) is 0 Å². The highest BCUT2D eigenvalue weighted by Crippen LogP contribution is 2.21. The molecule has 3 aromatic rings. The summed E-state index contributed by atoms with van der Waals surface area (Å²) in [5, 5.41) is 3.41. The Balaban J connectivity index is 1.81. The molecule has 6 heteroatoms. The van der Waals surface area contributed by atoms with E-state index in [2.05, 4.69) is 10.3 Å². The van der Waals surface area contributed by atoms with E-state index in [9.17, 15) is 9.59 Å². The van der Waals surface area contributed by atoms with Gasteiger partial charge in [0.1, 0.15) is 11.4 Å². The highest BCUT2D eigenvalue weighted by Gasteiger charge is 2.11. The number of nitrogens with zero attached hydrogens (tertiary/aromatic N) is 2. The molecule has 3 rings (SSSR count). The van der Waals surface area contributed by atoms with Crippen LogP contribution in [0.1, 0.15) is 22.9 Å². The second kappa shape index (κ2) is 6.57. The van der Waals surface area contributed by atoms with Gasteiger partial charge in [-0.25, -0.2) is 4.98 Å².